The number of aromatic nitrogens is 2. The number of nitrogens with one attached hydrogen (secondary N) is 2. The lowest BCUT2D eigenvalue weighted by atomic mass is 10.3. The lowest BCUT2D eigenvalue weighted by Crippen LogP contribution is -2.29. The van der Waals surface area contributed by atoms with Gasteiger partial charge in [0.25, 0.3) is 5.56 Å². The van der Waals surface area contributed by atoms with Crippen molar-refractivity contribution in [3.05, 3.63) is 57.4 Å². The second kappa shape index (κ2) is 7.28. The summed E-state index contributed by atoms with van der Waals surface area (Å²) < 4.78 is 1.26. The van der Waals surface area contributed by atoms with Gasteiger partial charge in [0.05, 0.1) is 0 Å². The minimum absolute atomic E-state index is 0.0979. The maximum atomic E-state index is 11.8. The molecule has 1 aromatic carbocycles. The van der Waals surface area contributed by atoms with Crippen LogP contribution in [0, 0.1) is 10.7 Å². The molecule has 2 rings (SSSR count). The Hall–Kier alpha value is -2.79. The number of hydrogen-bond acceptors (Lipinski definition) is 5. The number of carbonyl (C=O) groups is 1. The first-order chi connectivity index (χ1) is 10.6. The Morgan fingerprint density at radius 1 is 1.27 bits per heavy atom. The number of amides is 1. The summed E-state index contributed by atoms with van der Waals surface area (Å²) >= 11 is 1.04. The molecule has 1 amide bonds. The van der Waals surface area contributed by atoms with E-state index in [2.05, 4.69) is 10.3 Å². The molecule has 0 radical (unpaired) electrons. The summed E-state index contributed by atoms with van der Waals surface area (Å²) in [7, 11) is 0. The van der Waals surface area contributed by atoms with Gasteiger partial charge in [-0.25, -0.2) is 4.79 Å². The zero-order chi connectivity index (χ0) is 15.9. The van der Waals surface area contributed by atoms with E-state index >= 15 is 0 Å². The maximum Gasteiger partial charge on any atom is 0.328 e. The Morgan fingerprint density at radius 3 is 2.64 bits per heavy atom. The number of rotatable bonds is 5. The average Bonchev–Trinajstić information content (AvgIpc) is 2.49. The van der Waals surface area contributed by atoms with Crippen molar-refractivity contribution in [1.29, 1.82) is 5.26 Å². The average molecular weight is 316 g/mol. The molecular formula is C14H12N4O3S. The number of aromatic amines is 1. The third kappa shape index (κ3) is 4.36. The molecule has 0 aliphatic rings. The van der Waals surface area contributed by atoms with E-state index in [4.69, 9.17) is 5.26 Å². The Morgan fingerprint density at radius 2 is 2.00 bits per heavy atom. The molecule has 0 fully saturated rings. The lowest BCUT2D eigenvalue weighted by Gasteiger charge is -2.07. The number of benzene rings is 1. The summed E-state index contributed by atoms with van der Waals surface area (Å²) in [6.45, 7) is 0.170. The Balaban J connectivity index is 1.91. The third-order valence-electron chi connectivity index (χ3n) is 2.78. The van der Waals surface area contributed by atoms with Crippen LogP contribution in [0.25, 0.3) is 0 Å². The van der Waals surface area contributed by atoms with Gasteiger partial charge in [-0.3, -0.25) is 14.6 Å². The van der Waals surface area contributed by atoms with E-state index in [1.165, 1.54) is 16.8 Å². The van der Waals surface area contributed by atoms with Crippen LogP contribution in [0.15, 0.2) is 51.0 Å². The van der Waals surface area contributed by atoms with Gasteiger partial charge in [0.1, 0.15) is 5.40 Å². The molecule has 8 heteroatoms. The van der Waals surface area contributed by atoms with Crippen molar-refractivity contribution in [2.75, 3.05) is 5.32 Å². The van der Waals surface area contributed by atoms with Gasteiger partial charge in [-0.2, -0.15) is 5.26 Å². The highest BCUT2D eigenvalue weighted by molar-refractivity contribution is 8.03. The van der Waals surface area contributed by atoms with Gasteiger partial charge in [-0.15, -0.1) is 0 Å². The molecule has 0 atom stereocenters. The van der Waals surface area contributed by atoms with E-state index in [9.17, 15) is 14.4 Å². The van der Waals surface area contributed by atoms with E-state index in [1.807, 2.05) is 5.40 Å². The van der Waals surface area contributed by atoms with Crippen LogP contribution >= 0.6 is 11.8 Å². The van der Waals surface area contributed by atoms with Crippen LogP contribution in [-0.4, -0.2) is 15.5 Å². The summed E-state index contributed by atoms with van der Waals surface area (Å²) in [4.78, 5) is 37.1. The van der Waals surface area contributed by atoms with Gasteiger partial charge < -0.3 is 9.88 Å². The van der Waals surface area contributed by atoms with E-state index in [-0.39, 0.29) is 18.9 Å². The molecule has 112 valence electrons. The van der Waals surface area contributed by atoms with Gasteiger partial charge in [-0.05, 0) is 36.0 Å². The number of carbonyl (C=O) groups excluding carboxylic acids is 1. The van der Waals surface area contributed by atoms with Crippen molar-refractivity contribution in [1.82, 2.24) is 9.55 Å². The standard InChI is InChI=1S/C14H12N4O3S/c15-9-22-11-3-1-10(2-4-11)16-12(19)5-7-18-8-6-13(20)17-14(18)21/h1-4,6,8H,5,7H2,(H,16,19)(H,17,20,21). The molecule has 0 unspecified atom stereocenters. The molecule has 0 saturated heterocycles. The first-order valence-corrected chi connectivity index (χ1v) is 7.16. The van der Waals surface area contributed by atoms with Gasteiger partial charge in [0.15, 0.2) is 0 Å². The monoisotopic (exact) mass is 316 g/mol. The molecule has 2 N–H and O–H groups in total. The fourth-order valence-corrected chi connectivity index (χ4v) is 2.10. The second-order valence-electron chi connectivity index (χ2n) is 4.32. The fourth-order valence-electron chi connectivity index (χ4n) is 1.72. The van der Waals surface area contributed by atoms with E-state index in [1.54, 1.807) is 24.3 Å². The van der Waals surface area contributed by atoms with Crippen LogP contribution in [0.1, 0.15) is 6.42 Å². The zero-order valence-corrected chi connectivity index (χ0v) is 12.2. The third-order valence-corrected chi connectivity index (χ3v) is 3.38. The van der Waals surface area contributed by atoms with Crippen molar-refractivity contribution in [3.63, 3.8) is 0 Å². The largest absolute Gasteiger partial charge is 0.328 e. The summed E-state index contributed by atoms with van der Waals surface area (Å²) in [5.41, 5.74) is -0.402. The topological polar surface area (TPSA) is 108 Å². The highest BCUT2D eigenvalue weighted by atomic mass is 32.2. The molecule has 22 heavy (non-hydrogen) atoms. The van der Waals surface area contributed by atoms with Crippen LogP contribution in [-0.2, 0) is 11.3 Å². The number of thiocyanates is 1. The molecule has 1 heterocycles. The molecule has 2 aromatic rings. The highest BCUT2D eigenvalue weighted by Crippen LogP contribution is 2.18. The molecule has 0 bridgehead atoms. The minimum atomic E-state index is -0.543. The molecular weight excluding hydrogens is 304 g/mol. The zero-order valence-electron chi connectivity index (χ0n) is 11.4. The first kappa shape index (κ1) is 15.6. The number of H-pyrrole nitrogens is 1. The Labute approximate surface area is 129 Å². The molecule has 0 spiro atoms. The predicted molar refractivity (Wildman–Crippen MR) is 82.5 cm³/mol. The van der Waals surface area contributed by atoms with Crippen LogP contribution in [0.5, 0.6) is 0 Å². The van der Waals surface area contributed by atoms with Gasteiger partial charge in [0, 0.05) is 35.8 Å². The van der Waals surface area contributed by atoms with Crippen molar-refractivity contribution in [2.45, 2.75) is 17.9 Å². The molecule has 7 nitrogen and oxygen atoms in total. The van der Waals surface area contributed by atoms with Gasteiger partial charge >= 0.3 is 5.69 Å². The van der Waals surface area contributed by atoms with Crippen molar-refractivity contribution in [3.8, 4) is 5.40 Å². The smallest absolute Gasteiger partial charge is 0.326 e. The second-order valence-corrected chi connectivity index (χ2v) is 5.18. The van der Waals surface area contributed by atoms with Crippen molar-refractivity contribution >= 4 is 23.4 Å². The van der Waals surface area contributed by atoms with Crippen LogP contribution in [0.3, 0.4) is 0 Å². The minimum Gasteiger partial charge on any atom is -0.326 e. The fraction of sp³-hybridized carbons (Fsp3) is 0.143. The van der Waals surface area contributed by atoms with Gasteiger partial charge in [0.2, 0.25) is 5.91 Å². The van der Waals surface area contributed by atoms with E-state index in [0.29, 0.717) is 5.69 Å². The summed E-state index contributed by atoms with van der Waals surface area (Å²) in [6.07, 6.45) is 1.45. The number of thioether (sulfide) groups is 1. The maximum absolute atomic E-state index is 11.8. The van der Waals surface area contributed by atoms with Crippen molar-refractivity contribution < 1.29 is 4.79 Å². The molecule has 1 aromatic heterocycles. The predicted octanol–water partition coefficient (Wildman–Crippen LogP) is 1.14. The normalized spacial score (nSPS) is 9.95. The van der Waals surface area contributed by atoms with E-state index in [0.717, 1.165) is 16.7 Å². The number of hydrogen-bond donors (Lipinski definition) is 2. The highest BCUT2D eigenvalue weighted by Gasteiger charge is 2.04. The van der Waals surface area contributed by atoms with Crippen molar-refractivity contribution in [2.24, 2.45) is 0 Å². The van der Waals surface area contributed by atoms with Crippen LogP contribution < -0.4 is 16.6 Å². The lowest BCUT2D eigenvalue weighted by molar-refractivity contribution is -0.116. The molecule has 0 aliphatic heterocycles. The van der Waals surface area contributed by atoms with Crippen LogP contribution in [0.2, 0.25) is 0 Å². The summed E-state index contributed by atoms with van der Waals surface area (Å²) in [5, 5.41) is 13.2. The van der Waals surface area contributed by atoms with E-state index < -0.39 is 11.2 Å². The van der Waals surface area contributed by atoms with Crippen LogP contribution in [0.4, 0.5) is 5.69 Å². The first-order valence-electron chi connectivity index (χ1n) is 6.34. The Bertz CT molecular complexity index is 817. The van der Waals surface area contributed by atoms with Gasteiger partial charge in [-0.1, -0.05) is 0 Å². The summed E-state index contributed by atoms with van der Waals surface area (Å²) in [6, 6.07) is 8.09. The number of anilines is 1. The quantitative estimate of drug-likeness (QED) is 0.635. The number of aryl methyl sites for hydroxylation is 1. The SMILES string of the molecule is N#CSc1ccc(NC(=O)CCn2ccc(=O)[nH]c2=O)cc1. The molecule has 0 saturated carbocycles. The summed E-state index contributed by atoms with van der Waals surface area (Å²) in [5.74, 6) is -0.251. The Kier molecular flexibility index (Phi) is 5.16. The molecule has 0 aliphatic carbocycles. The number of nitriles is 1. The number of nitrogens with zero attached hydrogens (tertiary/aromatic N) is 2.